The lowest BCUT2D eigenvalue weighted by Crippen LogP contribution is -2.37. The van der Waals surface area contributed by atoms with Gasteiger partial charge in [0.15, 0.2) is 0 Å². The Morgan fingerprint density at radius 1 is 1.25 bits per heavy atom. The van der Waals surface area contributed by atoms with Gasteiger partial charge in [0.05, 0.1) is 0 Å². The zero-order chi connectivity index (χ0) is 10.8. The van der Waals surface area contributed by atoms with Gasteiger partial charge in [-0.25, -0.2) is 0 Å². The first kappa shape index (κ1) is 9.73. The summed E-state index contributed by atoms with van der Waals surface area (Å²) in [6.07, 6.45) is 4.63. The van der Waals surface area contributed by atoms with Crippen LogP contribution in [-0.2, 0) is 0 Å². The fourth-order valence-electron chi connectivity index (χ4n) is 2.21. The Morgan fingerprint density at radius 3 is 3.12 bits per heavy atom. The Morgan fingerprint density at radius 2 is 2.25 bits per heavy atom. The van der Waals surface area contributed by atoms with Crippen LogP contribution in [0.1, 0.15) is 12.8 Å². The van der Waals surface area contributed by atoms with Crippen LogP contribution >= 0.6 is 0 Å². The highest BCUT2D eigenvalue weighted by Gasteiger charge is 2.14. The van der Waals surface area contributed by atoms with Crippen molar-refractivity contribution in [2.45, 2.75) is 18.9 Å². The molecule has 0 aliphatic carbocycles. The molecular formula is C13H16N2O. The van der Waals surface area contributed by atoms with E-state index >= 15 is 0 Å². The SMILES string of the molecule is c1cc2ccc(OC3CCCNC3)cc2[nH]1. The van der Waals surface area contributed by atoms with E-state index in [1.807, 2.05) is 12.3 Å². The molecule has 2 aromatic rings. The maximum absolute atomic E-state index is 5.95. The number of aromatic amines is 1. The quantitative estimate of drug-likeness (QED) is 0.808. The Bertz CT molecular complexity index is 471. The zero-order valence-corrected chi connectivity index (χ0v) is 9.20. The fourth-order valence-corrected chi connectivity index (χ4v) is 2.21. The summed E-state index contributed by atoms with van der Waals surface area (Å²) in [6.45, 7) is 2.08. The summed E-state index contributed by atoms with van der Waals surface area (Å²) in [4.78, 5) is 3.20. The van der Waals surface area contributed by atoms with E-state index in [1.165, 1.54) is 11.8 Å². The number of nitrogens with one attached hydrogen (secondary N) is 2. The van der Waals surface area contributed by atoms with Crippen LogP contribution in [0.2, 0.25) is 0 Å². The van der Waals surface area contributed by atoms with Gasteiger partial charge in [0, 0.05) is 24.3 Å². The van der Waals surface area contributed by atoms with Gasteiger partial charge in [-0.1, -0.05) is 0 Å². The number of hydrogen-bond acceptors (Lipinski definition) is 2. The molecule has 1 atom stereocenters. The van der Waals surface area contributed by atoms with Crippen LogP contribution in [0, 0.1) is 0 Å². The van der Waals surface area contributed by atoms with Crippen molar-refractivity contribution in [3.63, 3.8) is 0 Å². The van der Waals surface area contributed by atoms with Gasteiger partial charge in [0.2, 0.25) is 0 Å². The van der Waals surface area contributed by atoms with Gasteiger partial charge in [-0.3, -0.25) is 0 Å². The minimum atomic E-state index is 0.321. The Balaban J connectivity index is 1.77. The number of aromatic nitrogens is 1. The molecule has 1 aliphatic rings. The first-order chi connectivity index (χ1) is 7.92. The summed E-state index contributed by atoms with van der Waals surface area (Å²) in [7, 11) is 0. The molecule has 1 aromatic heterocycles. The number of piperidine rings is 1. The van der Waals surface area contributed by atoms with E-state index < -0.39 is 0 Å². The van der Waals surface area contributed by atoms with Crippen molar-refractivity contribution in [3.8, 4) is 5.75 Å². The minimum Gasteiger partial charge on any atom is -0.489 e. The van der Waals surface area contributed by atoms with Gasteiger partial charge in [-0.05, 0) is 43.0 Å². The molecule has 1 saturated heterocycles. The van der Waals surface area contributed by atoms with E-state index in [2.05, 4.69) is 28.5 Å². The number of hydrogen-bond donors (Lipinski definition) is 2. The van der Waals surface area contributed by atoms with Crippen LogP contribution in [0.5, 0.6) is 5.75 Å². The fraction of sp³-hybridized carbons (Fsp3) is 0.385. The zero-order valence-electron chi connectivity index (χ0n) is 9.20. The highest BCUT2D eigenvalue weighted by Crippen LogP contribution is 2.21. The molecule has 16 heavy (non-hydrogen) atoms. The maximum atomic E-state index is 5.95. The largest absolute Gasteiger partial charge is 0.489 e. The third kappa shape index (κ3) is 1.91. The molecule has 3 nitrogen and oxygen atoms in total. The molecule has 1 unspecified atom stereocenters. The Kier molecular flexibility index (Phi) is 2.54. The van der Waals surface area contributed by atoms with Crippen molar-refractivity contribution in [2.75, 3.05) is 13.1 Å². The van der Waals surface area contributed by atoms with Crippen molar-refractivity contribution < 1.29 is 4.74 Å². The highest BCUT2D eigenvalue weighted by atomic mass is 16.5. The monoisotopic (exact) mass is 216 g/mol. The summed E-state index contributed by atoms with van der Waals surface area (Å²) < 4.78 is 5.95. The molecule has 0 bridgehead atoms. The molecule has 1 aliphatic heterocycles. The minimum absolute atomic E-state index is 0.321. The lowest BCUT2D eigenvalue weighted by molar-refractivity contribution is 0.167. The first-order valence-electron chi connectivity index (χ1n) is 5.86. The molecule has 0 spiro atoms. The second-order valence-corrected chi connectivity index (χ2v) is 4.31. The lowest BCUT2D eigenvalue weighted by Gasteiger charge is -2.23. The molecule has 0 saturated carbocycles. The Labute approximate surface area is 94.8 Å². The predicted octanol–water partition coefficient (Wildman–Crippen LogP) is 2.30. The van der Waals surface area contributed by atoms with Crippen molar-refractivity contribution in [3.05, 3.63) is 30.5 Å². The third-order valence-electron chi connectivity index (χ3n) is 3.08. The molecule has 1 fully saturated rings. The summed E-state index contributed by atoms with van der Waals surface area (Å²) in [5, 5.41) is 4.59. The molecule has 2 N–H and O–H groups in total. The van der Waals surface area contributed by atoms with E-state index in [9.17, 15) is 0 Å². The molecule has 2 heterocycles. The molecule has 84 valence electrons. The van der Waals surface area contributed by atoms with E-state index in [0.29, 0.717) is 6.10 Å². The van der Waals surface area contributed by atoms with Gasteiger partial charge >= 0.3 is 0 Å². The van der Waals surface area contributed by atoms with Gasteiger partial charge in [0.1, 0.15) is 11.9 Å². The predicted molar refractivity (Wildman–Crippen MR) is 64.8 cm³/mol. The number of ether oxygens (including phenoxy) is 1. The molecule has 3 heteroatoms. The summed E-state index contributed by atoms with van der Waals surface area (Å²) in [6, 6.07) is 8.29. The lowest BCUT2D eigenvalue weighted by atomic mass is 10.1. The smallest absolute Gasteiger partial charge is 0.121 e. The van der Waals surface area contributed by atoms with Gasteiger partial charge in [0.25, 0.3) is 0 Å². The van der Waals surface area contributed by atoms with Gasteiger partial charge in [-0.2, -0.15) is 0 Å². The maximum Gasteiger partial charge on any atom is 0.121 e. The third-order valence-corrected chi connectivity index (χ3v) is 3.08. The molecule has 3 rings (SSSR count). The van der Waals surface area contributed by atoms with E-state index in [0.717, 1.165) is 30.8 Å². The second-order valence-electron chi connectivity index (χ2n) is 4.31. The van der Waals surface area contributed by atoms with Crippen molar-refractivity contribution in [2.24, 2.45) is 0 Å². The number of fused-ring (bicyclic) bond motifs is 1. The van der Waals surface area contributed by atoms with Crippen molar-refractivity contribution >= 4 is 10.9 Å². The normalized spacial score (nSPS) is 21.1. The molecule has 0 radical (unpaired) electrons. The molecule has 0 amide bonds. The van der Waals surface area contributed by atoms with Crippen LogP contribution < -0.4 is 10.1 Å². The van der Waals surface area contributed by atoms with Crippen LogP contribution in [0.15, 0.2) is 30.5 Å². The highest BCUT2D eigenvalue weighted by molar-refractivity contribution is 5.80. The van der Waals surface area contributed by atoms with Crippen LogP contribution in [0.3, 0.4) is 0 Å². The second kappa shape index (κ2) is 4.18. The topological polar surface area (TPSA) is 37.0 Å². The van der Waals surface area contributed by atoms with Crippen molar-refractivity contribution in [1.29, 1.82) is 0 Å². The average Bonchev–Trinajstić information content (AvgIpc) is 2.77. The van der Waals surface area contributed by atoms with E-state index in [-0.39, 0.29) is 0 Å². The van der Waals surface area contributed by atoms with Crippen molar-refractivity contribution in [1.82, 2.24) is 10.3 Å². The standard InChI is InChI=1S/C13H16N2O/c1-2-12(9-14-6-1)16-11-4-3-10-5-7-15-13(10)8-11/h3-5,7-8,12,14-15H,1-2,6,9H2. The van der Waals surface area contributed by atoms with Gasteiger partial charge in [-0.15, -0.1) is 0 Å². The van der Waals surface area contributed by atoms with Crippen LogP contribution in [-0.4, -0.2) is 24.2 Å². The Hall–Kier alpha value is -1.48. The molecule has 1 aromatic carbocycles. The van der Waals surface area contributed by atoms with Gasteiger partial charge < -0.3 is 15.0 Å². The number of rotatable bonds is 2. The average molecular weight is 216 g/mol. The van der Waals surface area contributed by atoms with E-state index in [4.69, 9.17) is 4.74 Å². The summed E-state index contributed by atoms with van der Waals surface area (Å²) in [5.74, 6) is 0.962. The first-order valence-corrected chi connectivity index (χ1v) is 5.86. The number of H-pyrrole nitrogens is 1. The molecular weight excluding hydrogens is 200 g/mol. The summed E-state index contributed by atoms with van der Waals surface area (Å²) in [5.41, 5.74) is 1.14. The van der Waals surface area contributed by atoms with Crippen LogP contribution in [0.4, 0.5) is 0 Å². The summed E-state index contributed by atoms with van der Waals surface area (Å²) >= 11 is 0. The van der Waals surface area contributed by atoms with E-state index in [1.54, 1.807) is 0 Å². The number of benzene rings is 1. The van der Waals surface area contributed by atoms with Crippen LogP contribution in [0.25, 0.3) is 10.9 Å².